The lowest BCUT2D eigenvalue weighted by atomic mass is 9.64. The Morgan fingerprint density at radius 2 is 2.07 bits per heavy atom. The number of nitrogens with one attached hydrogen (secondary N) is 2. The molecular weight excluding hydrogens is 371 g/mol. The Balaban J connectivity index is 1.72. The number of aryl methyl sites for hydroxylation is 1. The Morgan fingerprint density at radius 3 is 2.64 bits per heavy atom. The van der Waals surface area contributed by atoms with E-state index < -0.39 is 11.7 Å². The predicted octanol–water partition coefficient (Wildman–Crippen LogP) is 3.57. The molecule has 0 unspecified atom stereocenters. The topological polar surface area (TPSA) is 75.3 Å². The number of alkyl halides is 3. The van der Waals surface area contributed by atoms with E-state index in [4.69, 9.17) is 4.52 Å². The highest BCUT2D eigenvalue weighted by molar-refractivity contribution is 5.79. The van der Waals surface area contributed by atoms with E-state index in [0.29, 0.717) is 36.3 Å². The highest BCUT2D eigenvalue weighted by Crippen LogP contribution is 2.44. The molecule has 0 amide bonds. The molecule has 2 aromatic rings. The standard InChI is InChI=1S/C19H24F3N5O/c1-3-23-17(24-11-16-26-13(2)27-28-16)25-12-18(8-5-9-18)14-6-4-7-15(10-14)19(20,21)22/h4,6-7,10H,3,5,8-9,11-12H2,1-2H3,(H2,23,24,25). The first-order valence-corrected chi connectivity index (χ1v) is 9.31. The molecule has 2 N–H and O–H groups in total. The molecule has 1 saturated carbocycles. The van der Waals surface area contributed by atoms with Gasteiger partial charge in [-0.15, -0.1) is 0 Å². The van der Waals surface area contributed by atoms with Crippen molar-refractivity contribution in [3.05, 3.63) is 47.1 Å². The molecule has 0 atom stereocenters. The summed E-state index contributed by atoms with van der Waals surface area (Å²) in [5, 5.41) is 10.1. The van der Waals surface area contributed by atoms with Gasteiger partial charge in [0, 0.05) is 18.5 Å². The Kier molecular flexibility index (Phi) is 5.90. The van der Waals surface area contributed by atoms with Gasteiger partial charge < -0.3 is 15.2 Å². The first-order valence-electron chi connectivity index (χ1n) is 9.31. The lowest BCUT2D eigenvalue weighted by Gasteiger charge is -2.43. The minimum absolute atomic E-state index is 0.229. The fraction of sp³-hybridized carbons (Fsp3) is 0.526. The molecule has 3 rings (SSSR count). The lowest BCUT2D eigenvalue weighted by molar-refractivity contribution is -0.137. The Bertz CT molecular complexity index is 827. The van der Waals surface area contributed by atoms with Gasteiger partial charge in [-0.05, 0) is 38.3 Å². The van der Waals surface area contributed by atoms with Crippen LogP contribution in [0.5, 0.6) is 0 Å². The second kappa shape index (κ2) is 8.20. The highest BCUT2D eigenvalue weighted by Gasteiger charge is 2.40. The summed E-state index contributed by atoms with van der Waals surface area (Å²) in [5.74, 6) is 1.52. The van der Waals surface area contributed by atoms with Crippen LogP contribution in [-0.4, -0.2) is 29.2 Å². The van der Waals surface area contributed by atoms with E-state index in [-0.39, 0.29) is 12.0 Å². The Hall–Kier alpha value is -2.58. The number of halogens is 3. The minimum atomic E-state index is -4.34. The van der Waals surface area contributed by atoms with Crippen molar-refractivity contribution in [3.8, 4) is 0 Å². The lowest BCUT2D eigenvalue weighted by Crippen LogP contribution is -2.49. The second-order valence-electron chi connectivity index (χ2n) is 7.00. The van der Waals surface area contributed by atoms with Crippen LogP contribution < -0.4 is 10.6 Å². The fourth-order valence-electron chi connectivity index (χ4n) is 3.34. The maximum absolute atomic E-state index is 13.1. The summed E-state index contributed by atoms with van der Waals surface area (Å²) in [6.45, 7) is 5.07. The van der Waals surface area contributed by atoms with Crippen LogP contribution in [0.4, 0.5) is 13.2 Å². The zero-order chi connectivity index (χ0) is 20.2. The van der Waals surface area contributed by atoms with Crippen molar-refractivity contribution >= 4 is 5.96 Å². The smallest absolute Gasteiger partial charge is 0.357 e. The number of aliphatic imine (C=N–C) groups is 1. The molecular formula is C19H24F3N5O. The number of rotatable bonds is 6. The van der Waals surface area contributed by atoms with Crippen LogP contribution in [0, 0.1) is 6.92 Å². The van der Waals surface area contributed by atoms with Crippen LogP contribution >= 0.6 is 0 Å². The van der Waals surface area contributed by atoms with Gasteiger partial charge in [-0.25, -0.2) is 4.99 Å². The fourth-order valence-corrected chi connectivity index (χ4v) is 3.34. The number of benzene rings is 1. The van der Waals surface area contributed by atoms with Crippen LogP contribution in [0.1, 0.15) is 49.0 Å². The zero-order valence-corrected chi connectivity index (χ0v) is 15.9. The summed E-state index contributed by atoms with van der Waals surface area (Å²) in [7, 11) is 0. The summed E-state index contributed by atoms with van der Waals surface area (Å²) in [6, 6.07) is 5.64. The Labute approximate surface area is 161 Å². The van der Waals surface area contributed by atoms with Crippen LogP contribution in [-0.2, 0) is 18.1 Å². The molecule has 0 radical (unpaired) electrons. The molecule has 1 heterocycles. The van der Waals surface area contributed by atoms with E-state index in [1.807, 2.05) is 6.92 Å². The summed E-state index contributed by atoms with van der Waals surface area (Å²) >= 11 is 0. The number of nitrogens with zero attached hydrogens (tertiary/aromatic N) is 3. The molecule has 1 aliphatic carbocycles. The van der Waals surface area contributed by atoms with Gasteiger partial charge in [-0.1, -0.05) is 29.8 Å². The van der Waals surface area contributed by atoms with Crippen LogP contribution in [0.25, 0.3) is 0 Å². The average Bonchev–Trinajstić information content (AvgIpc) is 3.03. The minimum Gasteiger partial charge on any atom is -0.357 e. The average molecular weight is 395 g/mol. The van der Waals surface area contributed by atoms with Gasteiger partial charge in [-0.3, -0.25) is 0 Å². The quantitative estimate of drug-likeness (QED) is 0.578. The van der Waals surface area contributed by atoms with Crippen molar-refractivity contribution in [2.75, 3.05) is 13.1 Å². The van der Waals surface area contributed by atoms with E-state index in [1.165, 1.54) is 12.1 Å². The van der Waals surface area contributed by atoms with Crippen molar-refractivity contribution < 1.29 is 17.7 Å². The van der Waals surface area contributed by atoms with Crippen molar-refractivity contribution in [2.24, 2.45) is 4.99 Å². The molecule has 9 heteroatoms. The number of guanidine groups is 1. The summed E-state index contributed by atoms with van der Waals surface area (Å²) < 4.78 is 44.3. The molecule has 152 valence electrons. The largest absolute Gasteiger partial charge is 0.416 e. The van der Waals surface area contributed by atoms with Crippen LogP contribution in [0.3, 0.4) is 0 Å². The van der Waals surface area contributed by atoms with Crippen molar-refractivity contribution in [1.82, 2.24) is 20.8 Å². The molecule has 1 fully saturated rings. The maximum atomic E-state index is 13.1. The number of hydrogen-bond acceptors (Lipinski definition) is 4. The van der Waals surface area contributed by atoms with E-state index in [1.54, 1.807) is 13.0 Å². The van der Waals surface area contributed by atoms with Crippen molar-refractivity contribution in [3.63, 3.8) is 0 Å². The van der Waals surface area contributed by atoms with Crippen LogP contribution in [0.2, 0.25) is 0 Å². The van der Waals surface area contributed by atoms with Gasteiger partial charge in [-0.2, -0.15) is 18.2 Å². The third-order valence-corrected chi connectivity index (χ3v) is 4.99. The maximum Gasteiger partial charge on any atom is 0.416 e. The molecule has 1 aliphatic rings. The van der Waals surface area contributed by atoms with E-state index >= 15 is 0 Å². The van der Waals surface area contributed by atoms with Crippen molar-refractivity contribution in [1.29, 1.82) is 0 Å². The normalized spacial score (nSPS) is 16.5. The molecule has 0 aliphatic heterocycles. The van der Waals surface area contributed by atoms with Crippen molar-refractivity contribution in [2.45, 2.75) is 51.2 Å². The third kappa shape index (κ3) is 4.63. The summed E-state index contributed by atoms with van der Waals surface area (Å²) in [6.07, 6.45) is -1.67. The van der Waals surface area contributed by atoms with E-state index in [9.17, 15) is 13.2 Å². The third-order valence-electron chi connectivity index (χ3n) is 4.99. The highest BCUT2D eigenvalue weighted by atomic mass is 19.4. The van der Waals surface area contributed by atoms with Gasteiger partial charge in [0.25, 0.3) is 0 Å². The molecule has 0 saturated heterocycles. The SMILES string of the molecule is CCNC(=NCc1nc(C)no1)NCC1(c2cccc(C(F)(F)F)c2)CCC1. The van der Waals surface area contributed by atoms with E-state index in [2.05, 4.69) is 25.8 Å². The molecule has 1 aromatic heterocycles. The van der Waals surface area contributed by atoms with E-state index in [0.717, 1.165) is 25.3 Å². The monoisotopic (exact) mass is 395 g/mol. The molecule has 0 bridgehead atoms. The van der Waals surface area contributed by atoms with Gasteiger partial charge in [0.15, 0.2) is 11.8 Å². The van der Waals surface area contributed by atoms with Gasteiger partial charge in [0.1, 0.15) is 6.54 Å². The van der Waals surface area contributed by atoms with Gasteiger partial charge in [0.2, 0.25) is 5.89 Å². The first-order chi connectivity index (χ1) is 13.3. The summed E-state index contributed by atoms with van der Waals surface area (Å²) in [4.78, 5) is 8.54. The summed E-state index contributed by atoms with van der Waals surface area (Å²) in [5.41, 5.74) is -0.216. The molecule has 6 nitrogen and oxygen atoms in total. The predicted molar refractivity (Wildman–Crippen MR) is 98.8 cm³/mol. The van der Waals surface area contributed by atoms with Gasteiger partial charge in [0.05, 0.1) is 5.56 Å². The van der Waals surface area contributed by atoms with Crippen LogP contribution in [0.15, 0.2) is 33.8 Å². The second-order valence-corrected chi connectivity index (χ2v) is 7.00. The first kappa shape index (κ1) is 20.2. The zero-order valence-electron chi connectivity index (χ0n) is 15.9. The molecule has 1 aromatic carbocycles. The number of hydrogen-bond donors (Lipinski definition) is 2. The van der Waals surface area contributed by atoms with Gasteiger partial charge >= 0.3 is 6.18 Å². The molecule has 0 spiro atoms. The number of aromatic nitrogens is 2. The Morgan fingerprint density at radius 1 is 1.29 bits per heavy atom. The molecule has 28 heavy (non-hydrogen) atoms.